The summed E-state index contributed by atoms with van der Waals surface area (Å²) in [7, 11) is 0. The fraction of sp³-hybridized carbons (Fsp3) is 0.231. The summed E-state index contributed by atoms with van der Waals surface area (Å²) in [5.41, 5.74) is 1.07. The highest BCUT2D eigenvalue weighted by Crippen LogP contribution is 2.20. The molecule has 0 spiro atoms. The van der Waals surface area contributed by atoms with Gasteiger partial charge in [0.25, 0.3) is 0 Å². The van der Waals surface area contributed by atoms with Gasteiger partial charge < -0.3 is 5.32 Å². The molecule has 1 atom stereocenters. The van der Waals surface area contributed by atoms with Crippen LogP contribution in [0.15, 0.2) is 40.2 Å². The molecule has 1 nitrogen and oxygen atoms in total. The SMILES string of the molecule is C[C@@H](NCc1ccc(F)c(Br)c1)c1cccs1. The largest absolute Gasteiger partial charge is 0.305 e. The third-order valence-electron chi connectivity index (χ3n) is 2.57. The summed E-state index contributed by atoms with van der Waals surface area (Å²) in [6.07, 6.45) is 0. The van der Waals surface area contributed by atoms with Gasteiger partial charge in [0.15, 0.2) is 0 Å². The molecule has 0 amide bonds. The fourth-order valence-corrected chi connectivity index (χ4v) is 2.74. The topological polar surface area (TPSA) is 12.0 Å². The molecule has 2 aromatic rings. The molecule has 90 valence electrons. The van der Waals surface area contributed by atoms with Crippen LogP contribution in [0.2, 0.25) is 0 Å². The molecule has 1 N–H and O–H groups in total. The first-order valence-electron chi connectivity index (χ1n) is 5.37. The number of hydrogen-bond donors (Lipinski definition) is 1. The molecule has 1 aromatic carbocycles. The van der Waals surface area contributed by atoms with Gasteiger partial charge in [-0.15, -0.1) is 11.3 Å². The van der Waals surface area contributed by atoms with Gasteiger partial charge in [-0.1, -0.05) is 12.1 Å². The van der Waals surface area contributed by atoms with Crippen molar-refractivity contribution in [2.75, 3.05) is 0 Å². The molecule has 2 rings (SSSR count). The molecule has 1 heterocycles. The summed E-state index contributed by atoms with van der Waals surface area (Å²) in [5, 5.41) is 5.49. The monoisotopic (exact) mass is 313 g/mol. The zero-order chi connectivity index (χ0) is 12.3. The molecule has 0 bridgehead atoms. The first kappa shape index (κ1) is 12.7. The van der Waals surface area contributed by atoms with Crippen molar-refractivity contribution in [1.29, 1.82) is 0 Å². The van der Waals surface area contributed by atoms with Crippen molar-refractivity contribution in [3.63, 3.8) is 0 Å². The van der Waals surface area contributed by atoms with Crippen molar-refractivity contribution in [2.24, 2.45) is 0 Å². The number of hydrogen-bond acceptors (Lipinski definition) is 2. The van der Waals surface area contributed by atoms with Crippen LogP contribution in [0, 0.1) is 5.82 Å². The van der Waals surface area contributed by atoms with E-state index >= 15 is 0 Å². The molecule has 0 fully saturated rings. The first-order chi connectivity index (χ1) is 8.16. The summed E-state index contributed by atoms with van der Waals surface area (Å²) in [6.45, 7) is 2.86. The van der Waals surface area contributed by atoms with Gasteiger partial charge in [-0.25, -0.2) is 4.39 Å². The second-order valence-corrected chi connectivity index (χ2v) is 5.70. The third kappa shape index (κ3) is 3.37. The smallest absolute Gasteiger partial charge is 0.137 e. The van der Waals surface area contributed by atoms with E-state index in [0.29, 0.717) is 10.5 Å². The molecule has 4 heteroatoms. The first-order valence-corrected chi connectivity index (χ1v) is 7.05. The summed E-state index contributed by atoms with van der Waals surface area (Å²) in [4.78, 5) is 1.31. The van der Waals surface area contributed by atoms with Crippen molar-refractivity contribution < 1.29 is 4.39 Å². The highest BCUT2D eigenvalue weighted by atomic mass is 79.9. The van der Waals surface area contributed by atoms with E-state index in [1.54, 1.807) is 17.4 Å². The number of halogens is 2. The molecule has 0 radical (unpaired) electrons. The van der Waals surface area contributed by atoms with Crippen LogP contribution in [-0.4, -0.2) is 0 Å². The Morgan fingerprint density at radius 2 is 2.24 bits per heavy atom. The average Bonchev–Trinajstić information content (AvgIpc) is 2.84. The van der Waals surface area contributed by atoms with E-state index in [2.05, 4.69) is 39.6 Å². The summed E-state index contributed by atoms with van der Waals surface area (Å²) < 4.78 is 13.6. The van der Waals surface area contributed by atoms with Crippen LogP contribution < -0.4 is 5.32 Å². The number of nitrogens with one attached hydrogen (secondary N) is 1. The zero-order valence-electron chi connectivity index (χ0n) is 9.41. The van der Waals surface area contributed by atoms with Gasteiger partial charge in [0.1, 0.15) is 5.82 Å². The summed E-state index contributed by atoms with van der Waals surface area (Å²) in [5.74, 6) is -0.222. The fourth-order valence-electron chi connectivity index (χ4n) is 1.56. The molecule has 17 heavy (non-hydrogen) atoms. The molecule has 0 unspecified atom stereocenters. The van der Waals surface area contributed by atoms with E-state index in [1.165, 1.54) is 10.9 Å². The van der Waals surface area contributed by atoms with E-state index in [-0.39, 0.29) is 5.82 Å². The lowest BCUT2D eigenvalue weighted by Gasteiger charge is -2.12. The van der Waals surface area contributed by atoms with Gasteiger partial charge in [-0.2, -0.15) is 0 Å². The Morgan fingerprint density at radius 1 is 1.41 bits per heavy atom. The van der Waals surface area contributed by atoms with Crippen LogP contribution in [0.5, 0.6) is 0 Å². The highest BCUT2D eigenvalue weighted by molar-refractivity contribution is 9.10. The molecule has 1 aromatic heterocycles. The molecule has 0 aliphatic carbocycles. The second kappa shape index (κ2) is 5.76. The zero-order valence-corrected chi connectivity index (χ0v) is 11.8. The van der Waals surface area contributed by atoms with E-state index < -0.39 is 0 Å². The third-order valence-corrected chi connectivity index (χ3v) is 4.23. The Balaban J connectivity index is 1.96. The Morgan fingerprint density at radius 3 is 2.88 bits per heavy atom. The predicted octanol–water partition coefficient (Wildman–Crippen LogP) is 4.50. The molecule has 0 aliphatic heterocycles. The van der Waals surface area contributed by atoms with Crippen LogP contribution in [-0.2, 0) is 6.54 Å². The predicted molar refractivity (Wildman–Crippen MR) is 73.7 cm³/mol. The van der Waals surface area contributed by atoms with Crippen molar-refractivity contribution in [1.82, 2.24) is 5.32 Å². The number of benzene rings is 1. The summed E-state index contributed by atoms with van der Waals surface area (Å²) >= 11 is 4.93. The van der Waals surface area contributed by atoms with Crippen molar-refractivity contribution in [2.45, 2.75) is 19.5 Å². The van der Waals surface area contributed by atoms with Gasteiger partial charge in [0.2, 0.25) is 0 Å². The van der Waals surface area contributed by atoms with Crippen LogP contribution >= 0.6 is 27.3 Å². The average molecular weight is 314 g/mol. The lowest BCUT2D eigenvalue weighted by atomic mass is 10.2. The van der Waals surface area contributed by atoms with Gasteiger partial charge in [-0.3, -0.25) is 0 Å². The maximum Gasteiger partial charge on any atom is 0.137 e. The Bertz CT molecular complexity index is 484. The van der Waals surface area contributed by atoms with E-state index in [0.717, 1.165) is 12.1 Å². The van der Waals surface area contributed by atoms with Crippen LogP contribution in [0.4, 0.5) is 4.39 Å². The number of rotatable bonds is 4. The lowest BCUT2D eigenvalue weighted by Crippen LogP contribution is -2.17. The van der Waals surface area contributed by atoms with Crippen LogP contribution in [0.1, 0.15) is 23.4 Å². The van der Waals surface area contributed by atoms with Gasteiger partial charge >= 0.3 is 0 Å². The van der Waals surface area contributed by atoms with Crippen molar-refractivity contribution in [3.8, 4) is 0 Å². The maximum atomic E-state index is 13.1. The Hall–Kier alpha value is -0.710. The van der Waals surface area contributed by atoms with Gasteiger partial charge in [0.05, 0.1) is 4.47 Å². The standard InChI is InChI=1S/C13H13BrFNS/c1-9(13-3-2-6-17-13)16-8-10-4-5-12(15)11(14)7-10/h2-7,9,16H,8H2,1H3/t9-/m1/s1. The lowest BCUT2D eigenvalue weighted by molar-refractivity contribution is 0.579. The quantitative estimate of drug-likeness (QED) is 0.876. The maximum absolute atomic E-state index is 13.1. The molecule has 0 aliphatic rings. The van der Waals surface area contributed by atoms with Crippen LogP contribution in [0.25, 0.3) is 0 Å². The molecular weight excluding hydrogens is 301 g/mol. The van der Waals surface area contributed by atoms with Crippen LogP contribution in [0.3, 0.4) is 0 Å². The van der Waals surface area contributed by atoms with Gasteiger partial charge in [0, 0.05) is 17.5 Å². The van der Waals surface area contributed by atoms with Crippen molar-refractivity contribution >= 4 is 27.3 Å². The normalized spacial score (nSPS) is 12.6. The minimum atomic E-state index is -0.222. The van der Waals surface area contributed by atoms with Crippen molar-refractivity contribution in [3.05, 3.63) is 56.4 Å². The second-order valence-electron chi connectivity index (χ2n) is 3.87. The Labute approximate surface area is 113 Å². The Kier molecular flexibility index (Phi) is 4.31. The number of thiophene rings is 1. The van der Waals surface area contributed by atoms with Gasteiger partial charge in [-0.05, 0) is 52.0 Å². The minimum Gasteiger partial charge on any atom is -0.305 e. The molecular formula is C13H13BrFNS. The minimum absolute atomic E-state index is 0.222. The van der Waals surface area contributed by atoms with E-state index in [1.807, 2.05) is 12.1 Å². The highest BCUT2D eigenvalue weighted by Gasteiger charge is 2.06. The van der Waals surface area contributed by atoms with E-state index in [4.69, 9.17) is 0 Å². The summed E-state index contributed by atoms with van der Waals surface area (Å²) in [6, 6.07) is 9.57. The van der Waals surface area contributed by atoms with E-state index in [9.17, 15) is 4.39 Å². The molecule has 0 saturated heterocycles. The molecule has 0 saturated carbocycles.